The van der Waals surface area contributed by atoms with Crippen molar-refractivity contribution in [2.24, 2.45) is 5.92 Å². The summed E-state index contributed by atoms with van der Waals surface area (Å²) >= 11 is 7.26. The molecule has 2 aromatic carbocycles. The number of hydrogen-bond donors (Lipinski definition) is 1. The molecular weight excluding hydrogens is 436 g/mol. The maximum absolute atomic E-state index is 12.9. The van der Waals surface area contributed by atoms with E-state index in [1.807, 2.05) is 19.1 Å². The number of benzene rings is 2. The number of amides is 1. The van der Waals surface area contributed by atoms with Crippen molar-refractivity contribution in [2.45, 2.75) is 18.6 Å². The Bertz CT molecular complexity index is 1030. The number of ether oxygens (including phenoxy) is 2. The van der Waals surface area contributed by atoms with E-state index in [4.69, 9.17) is 21.1 Å². The van der Waals surface area contributed by atoms with Gasteiger partial charge in [0.1, 0.15) is 11.7 Å². The molecule has 0 aromatic heterocycles. The van der Waals surface area contributed by atoms with Crippen LogP contribution in [0.25, 0.3) is 0 Å². The van der Waals surface area contributed by atoms with Gasteiger partial charge < -0.3 is 14.8 Å². The third-order valence-corrected chi connectivity index (χ3v) is 6.17. The molecule has 1 aliphatic rings. The van der Waals surface area contributed by atoms with Crippen LogP contribution < -0.4 is 10.1 Å². The molecule has 2 aromatic rings. The first kappa shape index (κ1) is 22.7. The topological polar surface area (TPSA) is 88.4 Å². The molecule has 31 heavy (non-hydrogen) atoms. The van der Waals surface area contributed by atoms with Crippen LogP contribution >= 0.6 is 23.4 Å². The van der Waals surface area contributed by atoms with E-state index in [-0.39, 0.29) is 0 Å². The van der Waals surface area contributed by atoms with Gasteiger partial charge in [0.05, 0.1) is 30.4 Å². The Labute approximate surface area is 190 Å². The second-order valence-corrected chi connectivity index (χ2v) is 8.16. The minimum absolute atomic E-state index is 0.318. The summed E-state index contributed by atoms with van der Waals surface area (Å²) in [5.74, 6) is -1.90. The zero-order valence-electron chi connectivity index (χ0n) is 17.1. The number of carbonyl (C=O) groups excluding carboxylic acids is 2. The number of hydrogen-bond acceptors (Lipinski definition) is 6. The smallest absolute Gasteiger partial charge is 0.319 e. The highest BCUT2D eigenvalue weighted by Gasteiger charge is 2.44. The number of rotatable bonds is 7. The summed E-state index contributed by atoms with van der Waals surface area (Å²) in [7, 11) is 1.23. The van der Waals surface area contributed by atoms with Crippen molar-refractivity contribution >= 4 is 35.2 Å². The Morgan fingerprint density at radius 1 is 1.19 bits per heavy atom. The quantitative estimate of drug-likeness (QED) is 0.490. The fourth-order valence-corrected chi connectivity index (χ4v) is 4.48. The van der Waals surface area contributed by atoms with Crippen molar-refractivity contribution in [1.82, 2.24) is 5.32 Å². The van der Waals surface area contributed by atoms with Gasteiger partial charge >= 0.3 is 5.97 Å². The summed E-state index contributed by atoms with van der Waals surface area (Å²) in [6, 6.07) is 16.6. The van der Waals surface area contributed by atoms with Crippen LogP contribution in [-0.4, -0.2) is 25.6 Å². The molecule has 0 fully saturated rings. The molecule has 0 aliphatic carbocycles. The number of nitrogens with one attached hydrogen (secondary N) is 1. The predicted molar refractivity (Wildman–Crippen MR) is 119 cm³/mol. The molecule has 8 heteroatoms. The lowest BCUT2D eigenvalue weighted by atomic mass is 9.78. The number of carbonyl (C=O) groups is 2. The molecule has 1 amide bonds. The molecule has 1 heterocycles. The zero-order valence-corrected chi connectivity index (χ0v) is 18.6. The van der Waals surface area contributed by atoms with Crippen LogP contribution in [0.1, 0.15) is 24.0 Å². The Balaban J connectivity index is 1.98. The van der Waals surface area contributed by atoms with E-state index in [0.717, 1.165) is 5.56 Å². The highest BCUT2D eigenvalue weighted by atomic mass is 35.5. The van der Waals surface area contributed by atoms with Gasteiger partial charge in [-0.25, -0.2) is 0 Å². The zero-order chi connectivity index (χ0) is 22.4. The number of halogens is 1. The largest absolute Gasteiger partial charge is 0.494 e. The normalized spacial score (nSPS) is 18.2. The lowest BCUT2D eigenvalue weighted by molar-refractivity contribution is -0.150. The van der Waals surface area contributed by atoms with Crippen molar-refractivity contribution in [1.29, 1.82) is 5.26 Å². The first-order chi connectivity index (χ1) is 15.0. The van der Waals surface area contributed by atoms with Crippen LogP contribution in [0.3, 0.4) is 0 Å². The van der Waals surface area contributed by atoms with E-state index in [9.17, 15) is 14.9 Å². The molecule has 1 N–H and O–H groups in total. The summed E-state index contributed by atoms with van der Waals surface area (Å²) in [5.41, 5.74) is 1.97. The average molecular weight is 457 g/mol. The maximum atomic E-state index is 12.9. The van der Waals surface area contributed by atoms with E-state index in [1.54, 1.807) is 36.4 Å². The summed E-state index contributed by atoms with van der Waals surface area (Å²) in [6.07, 6.45) is 0. The van der Waals surface area contributed by atoms with Crippen LogP contribution in [0.2, 0.25) is 5.02 Å². The highest BCUT2D eigenvalue weighted by Crippen LogP contribution is 2.41. The predicted octanol–water partition coefficient (Wildman–Crippen LogP) is 4.41. The fraction of sp³-hybridized carbons (Fsp3) is 0.261. The maximum Gasteiger partial charge on any atom is 0.319 e. The van der Waals surface area contributed by atoms with Gasteiger partial charge in [0.2, 0.25) is 5.91 Å². The van der Waals surface area contributed by atoms with Gasteiger partial charge in [-0.15, -0.1) is 11.8 Å². The highest BCUT2D eigenvalue weighted by molar-refractivity contribution is 8.02. The number of esters is 1. The van der Waals surface area contributed by atoms with Crippen molar-refractivity contribution in [2.75, 3.05) is 13.7 Å². The number of thioether (sulfide) groups is 1. The van der Waals surface area contributed by atoms with Gasteiger partial charge in [-0.2, -0.15) is 5.26 Å². The molecule has 3 rings (SSSR count). The molecule has 0 saturated carbocycles. The molecule has 1 aliphatic heterocycles. The third-order valence-electron chi connectivity index (χ3n) is 4.83. The monoisotopic (exact) mass is 456 g/mol. The number of methoxy groups -OCH3 is 1. The summed E-state index contributed by atoms with van der Waals surface area (Å²) < 4.78 is 10.3. The van der Waals surface area contributed by atoms with Crippen molar-refractivity contribution in [3.05, 3.63) is 75.3 Å². The first-order valence-corrected chi connectivity index (χ1v) is 11.0. The van der Waals surface area contributed by atoms with Gasteiger partial charge in [0, 0.05) is 16.7 Å². The van der Waals surface area contributed by atoms with Crippen LogP contribution in [0, 0.1) is 17.2 Å². The molecule has 2 atom stereocenters. The van der Waals surface area contributed by atoms with Crippen LogP contribution in [0.4, 0.5) is 0 Å². The van der Waals surface area contributed by atoms with Gasteiger partial charge in [0.15, 0.2) is 0 Å². The summed E-state index contributed by atoms with van der Waals surface area (Å²) in [5, 5.41) is 13.7. The fourth-order valence-electron chi connectivity index (χ4n) is 3.35. The second kappa shape index (κ2) is 10.4. The molecule has 0 saturated heterocycles. The first-order valence-electron chi connectivity index (χ1n) is 9.61. The van der Waals surface area contributed by atoms with Crippen LogP contribution in [0.15, 0.2) is 59.1 Å². The molecule has 0 spiro atoms. The number of allylic oxidation sites excluding steroid dienone is 1. The van der Waals surface area contributed by atoms with Gasteiger partial charge in [-0.05, 0) is 42.3 Å². The van der Waals surface area contributed by atoms with E-state index in [1.165, 1.54) is 18.9 Å². The summed E-state index contributed by atoms with van der Waals surface area (Å²) in [6.45, 7) is 2.40. The van der Waals surface area contributed by atoms with E-state index < -0.39 is 23.7 Å². The van der Waals surface area contributed by atoms with Crippen LogP contribution in [-0.2, 0) is 20.1 Å². The van der Waals surface area contributed by atoms with Crippen molar-refractivity contribution in [3.63, 3.8) is 0 Å². The standard InChI is InChI=1S/C23H21ClN2O4S/c1-3-30-17-10-6-15(7-11-17)19-18(12-25)22(26-21(27)20(19)23(28)29-2)31-13-14-4-8-16(24)9-5-14/h4-11,19-20H,3,13H2,1-2H3,(H,26,27). The SMILES string of the molecule is CCOc1ccc(C2C(C#N)=C(SCc3ccc(Cl)cc3)NC(=O)C2C(=O)OC)cc1. The molecule has 0 radical (unpaired) electrons. The Morgan fingerprint density at radius 2 is 1.87 bits per heavy atom. The Morgan fingerprint density at radius 3 is 2.45 bits per heavy atom. The van der Waals surface area contributed by atoms with E-state index in [2.05, 4.69) is 11.4 Å². The lowest BCUT2D eigenvalue weighted by Gasteiger charge is -2.31. The van der Waals surface area contributed by atoms with Crippen molar-refractivity contribution < 1.29 is 19.1 Å². The Kier molecular flexibility index (Phi) is 7.61. The minimum atomic E-state index is -1.16. The van der Waals surface area contributed by atoms with Gasteiger partial charge in [0.25, 0.3) is 0 Å². The summed E-state index contributed by atoms with van der Waals surface area (Å²) in [4.78, 5) is 25.3. The molecule has 160 valence electrons. The molecular formula is C23H21ClN2O4S. The average Bonchev–Trinajstić information content (AvgIpc) is 2.78. The number of nitrogens with zero attached hydrogens (tertiary/aromatic N) is 1. The van der Waals surface area contributed by atoms with Gasteiger partial charge in [-0.3, -0.25) is 9.59 Å². The minimum Gasteiger partial charge on any atom is -0.494 e. The molecule has 2 unspecified atom stereocenters. The molecule has 0 bridgehead atoms. The number of nitriles is 1. The van der Waals surface area contributed by atoms with Gasteiger partial charge in [-0.1, -0.05) is 35.9 Å². The van der Waals surface area contributed by atoms with E-state index in [0.29, 0.717) is 39.3 Å². The molecule has 6 nitrogen and oxygen atoms in total. The lowest BCUT2D eigenvalue weighted by Crippen LogP contribution is -2.44. The van der Waals surface area contributed by atoms with Crippen LogP contribution in [0.5, 0.6) is 5.75 Å². The third kappa shape index (κ3) is 5.22. The van der Waals surface area contributed by atoms with E-state index >= 15 is 0 Å². The second-order valence-electron chi connectivity index (χ2n) is 6.74. The Hall–Kier alpha value is -2.95. The van der Waals surface area contributed by atoms with Crippen molar-refractivity contribution in [3.8, 4) is 11.8 Å².